The van der Waals surface area contributed by atoms with Crippen LogP contribution in [0.4, 0.5) is 4.39 Å². The van der Waals surface area contributed by atoms with E-state index in [0.717, 1.165) is 0 Å². The van der Waals surface area contributed by atoms with Crippen molar-refractivity contribution < 1.29 is 4.39 Å². The lowest BCUT2D eigenvalue weighted by atomic mass is 10.1. The summed E-state index contributed by atoms with van der Waals surface area (Å²) in [5, 5.41) is 15.9. The molecule has 2 aromatic rings. The maximum Gasteiger partial charge on any atom is 0.252 e. The minimum Gasteiger partial charge on any atom is -0.310 e. The van der Waals surface area contributed by atoms with Crippen LogP contribution in [0.1, 0.15) is 25.2 Å². The predicted molar refractivity (Wildman–Crippen MR) is 68.0 cm³/mol. The second kappa shape index (κ2) is 5.59. The van der Waals surface area contributed by atoms with Crippen LogP contribution in [0, 0.1) is 17.1 Å². The molecule has 0 aliphatic rings. The molecule has 1 heterocycles. The second-order valence-electron chi connectivity index (χ2n) is 4.40. The van der Waals surface area contributed by atoms with Crippen LogP contribution < -0.4 is 5.32 Å². The molecule has 98 valence electrons. The van der Waals surface area contributed by atoms with Crippen molar-refractivity contribution in [2.45, 2.75) is 26.4 Å². The number of hydrogen-bond donors (Lipinski definition) is 1. The zero-order valence-corrected chi connectivity index (χ0v) is 10.8. The first-order valence-corrected chi connectivity index (χ1v) is 5.94. The third-order valence-electron chi connectivity index (χ3n) is 2.62. The Morgan fingerprint density at radius 3 is 2.89 bits per heavy atom. The number of nitrogens with zero attached hydrogens (tertiary/aromatic N) is 4. The number of halogens is 1. The molecule has 2 rings (SSSR count). The molecule has 19 heavy (non-hydrogen) atoms. The zero-order chi connectivity index (χ0) is 13.8. The summed E-state index contributed by atoms with van der Waals surface area (Å²) in [6, 6.07) is 6.86. The third kappa shape index (κ3) is 2.95. The third-order valence-corrected chi connectivity index (χ3v) is 2.62. The van der Waals surface area contributed by atoms with Crippen molar-refractivity contribution in [3.05, 3.63) is 41.7 Å². The van der Waals surface area contributed by atoms with Gasteiger partial charge in [0.1, 0.15) is 18.2 Å². The van der Waals surface area contributed by atoms with Gasteiger partial charge >= 0.3 is 0 Å². The molecule has 1 N–H and O–H groups in total. The highest BCUT2D eigenvalue weighted by atomic mass is 19.1. The van der Waals surface area contributed by atoms with Gasteiger partial charge in [-0.15, -0.1) is 5.10 Å². The summed E-state index contributed by atoms with van der Waals surface area (Å²) in [4.78, 5) is 3.82. The Balaban J connectivity index is 2.39. The summed E-state index contributed by atoms with van der Waals surface area (Å²) in [5.74, 6) is -0.244. The fourth-order valence-electron chi connectivity index (χ4n) is 1.67. The van der Waals surface area contributed by atoms with Gasteiger partial charge in [-0.1, -0.05) is 19.9 Å². The van der Waals surface area contributed by atoms with E-state index >= 15 is 0 Å². The maximum atomic E-state index is 13.9. The summed E-state index contributed by atoms with van der Waals surface area (Å²) < 4.78 is 15.3. The molecule has 0 aliphatic heterocycles. The van der Waals surface area contributed by atoms with E-state index in [1.165, 1.54) is 17.1 Å². The van der Waals surface area contributed by atoms with Crippen molar-refractivity contribution in [2.24, 2.45) is 0 Å². The van der Waals surface area contributed by atoms with E-state index in [2.05, 4.69) is 15.4 Å². The Kier molecular flexibility index (Phi) is 3.88. The van der Waals surface area contributed by atoms with Gasteiger partial charge in [-0.25, -0.2) is 14.1 Å². The van der Waals surface area contributed by atoms with Gasteiger partial charge in [-0.05, 0) is 12.1 Å². The van der Waals surface area contributed by atoms with E-state index in [9.17, 15) is 4.39 Å². The Morgan fingerprint density at radius 2 is 2.26 bits per heavy atom. The molecule has 0 spiro atoms. The summed E-state index contributed by atoms with van der Waals surface area (Å²) in [5.41, 5.74) is 1.09. The molecule has 0 atom stereocenters. The molecule has 1 aromatic heterocycles. The van der Waals surface area contributed by atoms with Gasteiger partial charge in [0.05, 0.1) is 5.69 Å². The molecular weight excluding hydrogens is 245 g/mol. The van der Waals surface area contributed by atoms with Gasteiger partial charge in [0.25, 0.3) is 5.82 Å². The Hall–Kier alpha value is -2.26. The number of aromatic nitrogens is 3. The maximum absolute atomic E-state index is 13.9. The number of nitrogens with one attached hydrogen (secondary N) is 1. The summed E-state index contributed by atoms with van der Waals surface area (Å²) in [6.07, 6.45) is 1.41. The predicted octanol–water partition coefficient (Wildman–Crippen LogP) is 1.78. The minimum atomic E-state index is -0.306. The smallest absolute Gasteiger partial charge is 0.252 e. The van der Waals surface area contributed by atoms with E-state index < -0.39 is 0 Å². The molecule has 0 radical (unpaired) electrons. The van der Waals surface area contributed by atoms with Crippen LogP contribution >= 0.6 is 0 Å². The lowest BCUT2D eigenvalue weighted by molar-refractivity contribution is 0.550. The number of rotatable bonds is 4. The van der Waals surface area contributed by atoms with Crippen molar-refractivity contribution >= 4 is 0 Å². The lowest BCUT2D eigenvalue weighted by Gasteiger charge is -2.13. The molecule has 6 heteroatoms. The normalized spacial score (nSPS) is 10.7. The largest absolute Gasteiger partial charge is 0.310 e. The standard InChI is InChI=1S/C13H14FN5/c1-9(2)16-7-10-11(14)4-3-5-12(10)19-8-17-13(6-15)18-19/h3-5,8-9,16H,7H2,1-2H3. The van der Waals surface area contributed by atoms with Crippen LogP contribution in [0.2, 0.25) is 0 Å². The lowest BCUT2D eigenvalue weighted by Crippen LogP contribution is -2.23. The molecule has 0 fully saturated rings. The van der Waals surface area contributed by atoms with Gasteiger partial charge in [-0.2, -0.15) is 5.26 Å². The zero-order valence-electron chi connectivity index (χ0n) is 10.8. The van der Waals surface area contributed by atoms with Gasteiger partial charge in [0.2, 0.25) is 0 Å². The first-order chi connectivity index (χ1) is 9.11. The molecule has 0 saturated carbocycles. The van der Waals surface area contributed by atoms with Crippen molar-refractivity contribution in [2.75, 3.05) is 0 Å². The van der Waals surface area contributed by atoms with Crippen LogP contribution in [0.3, 0.4) is 0 Å². The first kappa shape index (κ1) is 13.2. The molecule has 5 nitrogen and oxygen atoms in total. The second-order valence-corrected chi connectivity index (χ2v) is 4.40. The van der Waals surface area contributed by atoms with Gasteiger partial charge in [-0.3, -0.25) is 0 Å². The summed E-state index contributed by atoms with van der Waals surface area (Å²) >= 11 is 0. The highest BCUT2D eigenvalue weighted by Gasteiger charge is 2.12. The van der Waals surface area contributed by atoms with E-state index in [1.54, 1.807) is 12.1 Å². The van der Waals surface area contributed by atoms with Crippen molar-refractivity contribution in [3.63, 3.8) is 0 Å². The van der Waals surface area contributed by atoms with Crippen LogP contribution in [0.5, 0.6) is 0 Å². The molecule has 0 amide bonds. The van der Waals surface area contributed by atoms with Gasteiger partial charge < -0.3 is 5.32 Å². The van der Waals surface area contributed by atoms with E-state index in [-0.39, 0.29) is 17.7 Å². The fraction of sp³-hybridized carbons (Fsp3) is 0.308. The van der Waals surface area contributed by atoms with Crippen molar-refractivity contribution in [1.29, 1.82) is 5.26 Å². The van der Waals surface area contributed by atoms with Crippen molar-refractivity contribution in [3.8, 4) is 11.8 Å². The monoisotopic (exact) mass is 259 g/mol. The summed E-state index contributed by atoms with van der Waals surface area (Å²) in [6.45, 7) is 4.37. The van der Waals surface area contributed by atoms with Crippen LogP contribution in [-0.2, 0) is 6.54 Å². The SMILES string of the molecule is CC(C)NCc1c(F)cccc1-n1cnc(C#N)n1. The molecule has 0 aliphatic carbocycles. The topological polar surface area (TPSA) is 66.5 Å². The number of hydrogen-bond acceptors (Lipinski definition) is 4. The molecule has 1 aromatic carbocycles. The minimum absolute atomic E-state index is 0.0621. The number of benzene rings is 1. The molecule has 0 bridgehead atoms. The summed E-state index contributed by atoms with van der Waals surface area (Å²) in [7, 11) is 0. The molecular formula is C13H14FN5. The molecule has 0 unspecified atom stereocenters. The fourth-order valence-corrected chi connectivity index (χ4v) is 1.67. The Labute approximate surface area is 110 Å². The quantitative estimate of drug-likeness (QED) is 0.908. The average Bonchev–Trinajstić information content (AvgIpc) is 2.85. The Morgan fingerprint density at radius 1 is 1.47 bits per heavy atom. The Bertz CT molecular complexity index is 612. The highest BCUT2D eigenvalue weighted by molar-refractivity contribution is 5.41. The van der Waals surface area contributed by atoms with E-state index in [1.807, 2.05) is 19.9 Å². The highest BCUT2D eigenvalue weighted by Crippen LogP contribution is 2.17. The van der Waals surface area contributed by atoms with Gasteiger partial charge in [0.15, 0.2) is 0 Å². The van der Waals surface area contributed by atoms with Crippen LogP contribution in [0.25, 0.3) is 5.69 Å². The van der Waals surface area contributed by atoms with Crippen LogP contribution in [-0.4, -0.2) is 20.8 Å². The first-order valence-electron chi connectivity index (χ1n) is 5.94. The van der Waals surface area contributed by atoms with Crippen LogP contribution in [0.15, 0.2) is 24.5 Å². The van der Waals surface area contributed by atoms with E-state index in [0.29, 0.717) is 17.8 Å². The van der Waals surface area contributed by atoms with E-state index in [4.69, 9.17) is 5.26 Å². The molecule has 0 saturated heterocycles. The average molecular weight is 259 g/mol. The van der Waals surface area contributed by atoms with Gasteiger partial charge in [0, 0.05) is 18.2 Å². The number of nitriles is 1. The van der Waals surface area contributed by atoms with Crippen molar-refractivity contribution in [1.82, 2.24) is 20.1 Å².